The molecule has 70 valence electrons. The van der Waals surface area contributed by atoms with Crippen LogP contribution in [0.4, 0.5) is 0 Å². The van der Waals surface area contributed by atoms with Crippen LogP contribution in [0.15, 0.2) is 48.7 Å². The molecule has 0 aliphatic heterocycles. The smallest absolute Gasteiger partial charge is 0.0702 e. The molecule has 0 bridgehead atoms. The Morgan fingerprint density at radius 1 is 1.00 bits per heavy atom. The molecule has 2 heteroatoms. The molecule has 1 aromatic carbocycles. The SMILES string of the molecule is ClCc1ccc(-c2ccccc2)nc1. The Kier molecular flexibility index (Phi) is 2.80. The van der Waals surface area contributed by atoms with E-state index in [4.69, 9.17) is 11.6 Å². The van der Waals surface area contributed by atoms with Crippen molar-refractivity contribution >= 4 is 11.6 Å². The van der Waals surface area contributed by atoms with Gasteiger partial charge in [-0.2, -0.15) is 0 Å². The van der Waals surface area contributed by atoms with Crippen molar-refractivity contribution in [1.29, 1.82) is 0 Å². The minimum atomic E-state index is 0.516. The van der Waals surface area contributed by atoms with Gasteiger partial charge in [0.15, 0.2) is 0 Å². The van der Waals surface area contributed by atoms with Gasteiger partial charge < -0.3 is 0 Å². The molecular weight excluding hydrogens is 194 g/mol. The topological polar surface area (TPSA) is 12.9 Å². The molecule has 0 aliphatic carbocycles. The third kappa shape index (κ3) is 1.94. The van der Waals surface area contributed by atoms with E-state index in [1.54, 1.807) is 0 Å². The quantitative estimate of drug-likeness (QED) is 0.681. The van der Waals surface area contributed by atoms with E-state index in [9.17, 15) is 0 Å². The number of hydrogen-bond acceptors (Lipinski definition) is 1. The highest BCUT2D eigenvalue weighted by Crippen LogP contribution is 2.16. The Bertz CT molecular complexity index is 394. The predicted molar refractivity (Wildman–Crippen MR) is 59.2 cm³/mol. The number of alkyl halides is 1. The molecule has 14 heavy (non-hydrogen) atoms. The van der Waals surface area contributed by atoms with E-state index in [1.165, 1.54) is 0 Å². The van der Waals surface area contributed by atoms with Gasteiger partial charge in [0.05, 0.1) is 5.69 Å². The first kappa shape index (κ1) is 9.22. The van der Waals surface area contributed by atoms with E-state index in [-0.39, 0.29) is 0 Å². The van der Waals surface area contributed by atoms with Gasteiger partial charge >= 0.3 is 0 Å². The van der Waals surface area contributed by atoms with Gasteiger partial charge in [0.25, 0.3) is 0 Å². The van der Waals surface area contributed by atoms with Gasteiger partial charge in [-0.3, -0.25) is 4.98 Å². The fraction of sp³-hybridized carbons (Fsp3) is 0.0833. The highest BCUT2D eigenvalue weighted by Gasteiger charge is 1.97. The number of nitrogens with zero attached hydrogens (tertiary/aromatic N) is 1. The summed E-state index contributed by atoms with van der Waals surface area (Å²) in [5.74, 6) is 0.516. The molecule has 0 saturated carbocycles. The summed E-state index contributed by atoms with van der Waals surface area (Å²) in [6.07, 6.45) is 1.81. The summed E-state index contributed by atoms with van der Waals surface area (Å²) in [5.41, 5.74) is 3.17. The lowest BCUT2D eigenvalue weighted by molar-refractivity contribution is 1.25. The van der Waals surface area contributed by atoms with Crippen LogP contribution in [-0.4, -0.2) is 4.98 Å². The summed E-state index contributed by atoms with van der Waals surface area (Å²) in [6, 6.07) is 14.1. The van der Waals surface area contributed by atoms with Gasteiger partial charge in [-0.15, -0.1) is 11.6 Å². The first-order valence-electron chi connectivity index (χ1n) is 4.46. The van der Waals surface area contributed by atoms with E-state index in [2.05, 4.69) is 4.98 Å². The summed E-state index contributed by atoms with van der Waals surface area (Å²) < 4.78 is 0. The fourth-order valence-corrected chi connectivity index (χ4v) is 1.44. The molecule has 1 aromatic heterocycles. The Morgan fingerprint density at radius 2 is 1.79 bits per heavy atom. The normalized spacial score (nSPS) is 10.1. The molecule has 0 N–H and O–H groups in total. The molecular formula is C12H10ClN. The first-order valence-corrected chi connectivity index (χ1v) is 5.00. The van der Waals surface area contributed by atoms with Crippen LogP contribution in [-0.2, 0) is 5.88 Å². The minimum absolute atomic E-state index is 0.516. The molecule has 2 rings (SSSR count). The molecule has 0 spiro atoms. The average molecular weight is 204 g/mol. The highest BCUT2D eigenvalue weighted by molar-refractivity contribution is 6.17. The second-order valence-corrected chi connectivity index (χ2v) is 3.32. The van der Waals surface area contributed by atoms with E-state index in [0.717, 1.165) is 16.8 Å². The zero-order chi connectivity index (χ0) is 9.80. The molecule has 0 aliphatic rings. The van der Waals surface area contributed by atoms with Crippen molar-refractivity contribution in [1.82, 2.24) is 4.98 Å². The molecule has 0 saturated heterocycles. The lowest BCUT2D eigenvalue weighted by atomic mass is 10.1. The van der Waals surface area contributed by atoms with E-state index in [0.29, 0.717) is 5.88 Å². The van der Waals surface area contributed by atoms with Crippen molar-refractivity contribution < 1.29 is 0 Å². The molecule has 0 fully saturated rings. The maximum absolute atomic E-state index is 5.69. The number of halogens is 1. The van der Waals surface area contributed by atoms with Crippen molar-refractivity contribution in [3.8, 4) is 11.3 Å². The van der Waals surface area contributed by atoms with Crippen LogP contribution in [0.1, 0.15) is 5.56 Å². The maximum Gasteiger partial charge on any atom is 0.0702 e. The summed E-state index contributed by atoms with van der Waals surface area (Å²) >= 11 is 5.69. The molecule has 2 aromatic rings. The fourth-order valence-electron chi connectivity index (χ4n) is 1.28. The van der Waals surface area contributed by atoms with Crippen LogP contribution < -0.4 is 0 Å². The Labute approximate surface area is 88.4 Å². The summed E-state index contributed by atoms with van der Waals surface area (Å²) in [4.78, 5) is 4.34. The van der Waals surface area contributed by atoms with Gasteiger partial charge in [-0.05, 0) is 11.6 Å². The van der Waals surface area contributed by atoms with E-state index >= 15 is 0 Å². The molecule has 1 nitrogen and oxygen atoms in total. The highest BCUT2D eigenvalue weighted by atomic mass is 35.5. The van der Waals surface area contributed by atoms with Crippen LogP contribution >= 0.6 is 11.6 Å². The summed E-state index contributed by atoms with van der Waals surface area (Å²) in [7, 11) is 0. The largest absolute Gasteiger partial charge is 0.256 e. The standard InChI is InChI=1S/C12H10ClN/c13-8-10-6-7-12(14-9-10)11-4-2-1-3-5-11/h1-7,9H,8H2. The van der Waals surface area contributed by atoms with Crippen LogP contribution in [0.2, 0.25) is 0 Å². The number of hydrogen-bond donors (Lipinski definition) is 0. The van der Waals surface area contributed by atoms with Crippen molar-refractivity contribution in [3.63, 3.8) is 0 Å². The summed E-state index contributed by atoms with van der Waals surface area (Å²) in [6.45, 7) is 0. The molecule has 0 unspecified atom stereocenters. The van der Waals surface area contributed by atoms with Crippen molar-refractivity contribution in [2.45, 2.75) is 5.88 Å². The van der Waals surface area contributed by atoms with E-state index in [1.807, 2.05) is 48.7 Å². The van der Waals surface area contributed by atoms with E-state index < -0.39 is 0 Å². The Balaban J connectivity index is 2.34. The average Bonchev–Trinajstić information content (AvgIpc) is 2.30. The van der Waals surface area contributed by atoms with Gasteiger partial charge in [-0.25, -0.2) is 0 Å². The molecule has 0 radical (unpaired) electrons. The van der Waals surface area contributed by atoms with Gasteiger partial charge in [0, 0.05) is 17.6 Å². The second-order valence-electron chi connectivity index (χ2n) is 3.05. The lowest BCUT2D eigenvalue weighted by Crippen LogP contribution is -1.84. The van der Waals surface area contributed by atoms with Crippen molar-refractivity contribution in [3.05, 3.63) is 54.2 Å². The van der Waals surface area contributed by atoms with Gasteiger partial charge in [0.1, 0.15) is 0 Å². The Morgan fingerprint density at radius 3 is 2.36 bits per heavy atom. The second kappa shape index (κ2) is 4.25. The van der Waals surface area contributed by atoms with Crippen LogP contribution in [0, 0.1) is 0 Å². The first-order chi connectivity index (χ1) is 6.90. The zero-order valence-corrected chi connectivity index (χ0v) is 8.41. The lowest BCUT2D eigenvalue weighted by Gasteiger charge is -2.00. The molecule has 1 heterocycles. The van der Waals surface area contributed by atoms with Crippen LogP contribution in [0.3, 0.4) is 0 Å². The van der Waals surface area contributed by atoms with Crippen molar-refractivity contribution in [2.75, 3.05) is 0 Å². The zero-order valence-electron chi connectivity index (χ0n) is 7.65. The molecule has 0 amide bonds. The number of aromatic nitrogens is 1. The Hall–Kier alpha value is -1.34. The van der Waals surface area contributed by atoms with Crippen molar-refractivity contribution in [2.24, 2.45) is 0 Å². The molecule has 0 atom stereocenters. The third-order valence-corrected chi connectivity index (χ3v) is 2.36. The van der Waals surface area contributed by atoms with Crippen LogP contribution in [0.5, 0.6) is 0 Å². The monoisotopic (exact) mass is 203 g/mol. The van der Waals surface area contributed by atoms with Gasteiger partial charge in [0.2, 0.25) is 0 Å². The number of rotatable bonds is 2. The van der Waals surface area contributed by atoms with Crippen LogP contribution in [0.25, 0.3) is 11.3 Å². The number of benzene rings is 1. The third-order valence-electron chi connectivity index (χ3n) is 2.05. The summed E-state index contributed by atoms with van der Waals surface area (Å²) in [5, 5.41) is 0. The number of pyridine rings is 1. The predicted octanol–water partition coefficient (Wildman–Crippen LogP) is 3.49. The minimum Gasteiger partial charge on any atom is -0.256 e. The maximum atomic E-state index is 5.69. The van der Waals surface area contributed by atoms with Gasteiger partial charge in [-0.1, -0.05) is 36.4 Å².